The zero-order chi connectivity index (χ0) is 13.0. The standard InChI is InChI=1S/C12H17FN4S/c1-16-5-7-17(8-6-16)15-12(18)14-11-4-2-3-10(13)9-11/h2-4,9H,5-8H2,1H3,(H2,14,15,18)/p+1. The van der Waals surface area contributed by atoms with Gasteiger partial charge in [0.2, 0.25) is 0 Å². The summed E-state index contributed by atoms with van der Waals surface area (Å²) in [5.74, 6) is -0.272. The molecule has 1 aromatic carbocycles. The highest BCUT2D eigenvalue weighted by atomic mass is 32.1. The predicted octanol–water partition coefficient (Wildman–Crippen LogP) is -0.143. The summed E-state index contributed by atoms with van der Waals surface area (Å²) in [6.07, 6.45) is 0. The molecule has 1 saturated heterocycles. The third kappa shape index (κ3) is 3.90. The number of quaternary nitrogens is 1. The molecule has 6 heteroatoms. The van der Waals surface area contributed by atoms with Crippen molar-refractivity contribution in [3.05, 3.63) is 30.1 Å². The van der Waals surface area contributed by atoms with Crippen LogP contribution in [0.25, 0.3) is 0 Å². The Morgan fingerprint density at radius 3 is 2.78 bits per heavy atom. The minimum absolute atomic E-state index is 0.272. The normalized spacial score (nSPS) is 17.4. The molecule has 98 valence electrons. The van der Waals surface area contributed by atoms with Crippen molar-refractivity contribution in [3.63, 3.8) is 0 Å². The van der Waals surface area contributed by atoms with Crippen LogP contribution in [0.3, 0.4) is 0 Å². The maximum absolute atomic E-state index is 13.0. The van der Waals surface area contributed by atoms with Gasteiger partial charge in [-0.1, -0.05) is 6.07 Å². The van der Waals surface area contributed by atoms with Gasteiger partial charge in [-0.15, -0.1) is 0 Å². The van der Waals surface area contributed by atoms with Crippen molar-refractivity contribution in [1.29, 1.82) is 0 Å². The van der Waals surface area contributed by atoms with E-state index in [1.807, 2.05) is 0 Å². The molecule has 2 rings (SSSR count). The molecule has 4 nitrogen and oxygen atoms in total. The Kier molecular flexibility index (Phi) is 4.46. The van der Waals surface area contributed by atoms with Gasteiger partial charge in [-0.25, -0.2) is 9.40 Å². The summed E-state index contributed by atoms with van der Waals surface area (Å²) in [6, 6.07) is 6.26. The quantitative estimate of drug-likeness (QED) is 0.652. The maximum atomic E-state index is 13.0. The lowest BCUT2D eigenvalue weighted by atomic mass is 10.3. The number of halogens is 1. The average Bonchev–Trinajstić information content (AvgIpc) is 2.32. The number of hydrazine groups is 1. The Morgan fingerprint density at radius 1 is 1.39 bits per heavy atom. The van der Waals surface area contributed by atoms with Crippen molar-refractivity contribution in [2.45, 2.75) is 0 Å². The Labute approximate surface area is 112 Å². The first-order valence-electron chi connectivity index (χ1n) is 6.03. The van der Waals surface area contributed by atoms with Crippen LogP contribution in [-0.4, -0.2) is 43.3 Å². The number of hydrogen-bond donors (Lipinski definition) is 3. The van der Waals surface area contributed by atoms with Gasteiger partial charge in [-0.2, -0.15) is 0 Å². The summed E-state index contributed by atoms with van der Waals surface area (Å²) in [5, 5.41) is 5.56. The highest BCUT2D eigenvalue weighted by Crippen LogP contribution is 2.08. The summed E-state index contributed by atoms with van der Waals surface area (Å²) < 4.78 is 13.0. The molecule has 0 aliphatic carbocycles. The fraction of sp³-hybridized carbons (Fsp3) is 0.417. The fourth-order valence-corrected chi connectivity index (χ4v) is 2.12. The molecular weight excluding hydrogens is 251 g/mol. The molecule has 3 N–H and O–H groups in total. The number of nitrogens with one attached hydrogen (secondary N) is 3. The smallest absolute Gasteiger partial charge is 0.185 e. The third-order valence-corrected chi connectivity index (χ3v) is 3.15. The molecule has 0 saturated carbocycles. The topological polar surface area (TPSA) is 31.7 Å². The molecule has 0 unspecified atom stereocenters. The van der Waals surface area contributed by atoms with Crippen molar-refractivity contribution < 1.29 is 9.29 Å². The van der Waals surface area contributed by atoms with Crippen LogP contribution in [0.2, 0.25) is 0 Å². The van der Waals surface area contributed by atoms with Crippen LogP contribution in [-0.2, 0) is 0 Å². The van der Waals surface area contributed by atoms with E-state index in [-0.39, 0.29) is 5.82 Å². The Morgan fingerprint density at radius 2 is 2.11 bits per heavy atom. The molecular formula is C12H18FN4S+. The van der Waals surface area contributed by atoms with Crippen LogP contribution in [0, 0.1) is 5.82 Å². The SMILES string of the molecule is C[NH+]1CCN(NC(=S)Nc2cccc(F)c2)CC1. The number of thiocarbonyl (C=S) groups is 1. The molecule has 0 radical (unpaired) electrons. The number of nitrogens with zero attached hydrogens (tertiary/aromatic N) is 1. The minimum atomic E-state index is -0.272. The van der Waals surface area contributed by atoms with E-state index < -0.39 is 0 Å². The van der Waals surface area contributed by atoms with Crippen LogP contribution in [0.15, 0.2) is 24.3 Å². The highest BCUT2D eigenvalue weighted by molar-refractivity contribution is 7.80. The lowest BCUT2D eigenvalue weighted by Crippen LogP contribution is -3.12. The van der Waals surface area contributed by atoms with Gasteiger partial charge < -0.3 is 10.2 Å². The van der Waals surface area contributed by atoms with E-state index in [0.29, 0.717) is 10.8 Å². The first kappa shape index (κ1) is 13.2. The minimum Gasteiger partial charge on any atom is -0.335 e. The number of rotatable bonds is 2. The summed E-state index contributed by atoms with van der Waals surface area (Å²) in [5.41, 5.74) is 3.78. The van der Waals surface area contributed by atoms with Crippen LogP contribution in [0.1, 0.15) is 0 Å². The second-order valence-corrected chi connectivity index (χ2v) is 4.93. The zero-order valence-electron chi connectivity index (χ0n) is 10.4. The van der Waals surface area contributed by atoms with Gasteiger partial charge in [-0.05, 0) is 30.4 Å². The number of benzene rings is 1. The zero-order valence-corrected chi connectivity index (χ0v) is 11.2. The molecule has 0 spiro atoms. The number of likely N-dealkylation sites (N-methyl/N-ethyl adjacent to an activating group) is 1. The van der Waals surface area contributed by atoms with Crippen LogP contribution in [0.4, 0.5) is 10.1 Å². The van der Waals surface area contributed by atoms with Crippen LogP contribution < -0.4 is 15.6 Å². The Bertz CT molecular complexity index is 418. The van der Waals surface area contributed by atoms with E-state index >= 15 is 0 Å². The summed E-state index contributed by atoms with van der Waals surface area (Å²) in [6.45, 7) is 4.10. The number of piperazine rings is 1. The molecule has 0 bridgehead atoms. The van der Waals surface area contributed by atoms with Gasteiger partial charge in [0.05, 0.1) is 33.2 Å². The molecule has 0 aromatic heterocycles. The van der Waals surface area contributed by atoms with Crippen molar-refractivity contribution in [1.82, 2.24) is 10.4 Å². The average molecular weight is 269 g/mol. The maximum Gasteiger partial charge on any atom is 0.185 e. The van der Waals surface area contributed by atoms with E-state index in [9.17, 15) is 4.39 Å². The molecule has 1 aliphatic heterocycles. The van der Waals surface area contributed by atoms with E-state index in [0.717, 1.165) is 26.2 Å². The lowest BCUT2D eigenvalue weighted by Gasteiger charge is -2.30. The van der Waals surface area contributed by atoms with Gasteiger partial charge in [0.1, 0.15) is 5.82 Å². The van der Waals surface area contributed by atoms with Crippen molar-refractivity contribution >= 4 is 23.0 Å². The Hall–Kier alpha value is -1.24. The molecule has 1 heterocycles. The summed E-state index contributed by atoms with van der Waals surface area (Å²) in [7, 11) is 2.18. The van der Waals surface area contributed by atoms with E-state index in [1.54, 1.807) is 12.1 Å². The first-order chi connectivity index (χ1) is 8.63. The fourth-order valence-electron chi connectivity index (χ4n) is 1.87. The Balaban J connectivity index is 1.82. The van der Waals surface area contributed by atoms with Gasteiger partial charge >= 0.3 is 0 Å². The summed E-state index contributed by atoms with van der Waals surface area (Å²) >= 11 is 5.20. The molecule has 18 heavy (non-hydrogen) atoms. The second kappa shape index (κ2) is 6.08. The van der Waals surface area contributed by atoms with Crippen molar-refractivity contribution in [2.24, 2.45) is 0 Å². The largest absolute Gasteiger partial charge is 0.335 e. The van der Waals surface area contributed by atoms with Crippen LogP contribution in [0.5, 0.6) is 0 Å². The van der Waals surface area contributed by atoms with E-state index in [2.05, 4.69) is 22.8 Å². The third-order valence-electron chi connectivity index (χ3n) is 2.96. The lowest BCUT2D eigenvalue weighted by molar-refractivity contribution is -0.884. The predicted molar refractivity (Wildman–Crippen MR) is 74.0 cm³/mol. The molecule has 1 fully saturated rings. The van der Waals surface area contributed by atoms with Crippen molar-refractivity contribution in [2.75, 3.05) is 38.5 Å². The number of anilines is 1. The van der Waals surface area contributed by atoms with Crippen LogP contribution >= 0.6 is 12.2 Å². The number of hydrogen-bond acceptors (Lipinski definition) is 2. The van der Waals surface area contributed by atoms with E-state index in [1.165, 1.54) is 17.0 Å². The second-order valence-electron chi connectivity index (χ2n) is 4.52. The summed E-state index contributed by atoms with van der Waals surface area (Å²) in [4.78, 5) is 1.53. The van der Waals surface area contributed by atoms with E-state index in [4.69, 9.17) is 12.2 Å². The van der Waals surface area contributed by atoms with Gasteiger partial charge in [-0.3, -0.25) is 5.43 Å². The molecule has 0 atom stereocenters. The molecule has 0 amide bonds. The van der Waals surface area contributed by atoms with Gasteiger partial charge in [0.15, 0.2) is 5.11 Å². The first-order valence-corrected chi connectivity index (χ1v) is 6.44. The van der Waals surface area contributed by atoms with Crippen molar-refractivity contribution in [3.8, 4) is 0 Å². The monoisotopic (exact) mass is 269 g/mol. The molecule has 1 aliphatic rings. The molecule has 1 aromatic rings. The highest BCUT2D eigenvalue weighted by Gasteiger charge is 2.16. The van der Waals surface area contributed by atoms with Gasteiger partial charge in [0.25, 0.3) is 0 Å². The van der Waals surface area contributed by atoms with Gasteiger partial charge in [0, 0.05) is 5.69 Å².